The second kappa shape index (κ2) is 5.76. The molecule has 1 aliphatic carbocycles. The number of sulfonamides is 1. The van der Waals surface area contributed by atoms with Crippen LogP contribution in [0.2, 0.25) is 0 Å². The van der Waals surface area contributed by atoms with Crippen molar-refractivity contribution in [2.75, 3.05) is 13.2 Å². The van der Waals surface area contributed by atoms with Crippen LogP contribution < -0.4 is 0 Å². The predicted octanol–water partition coefficient (Wildman–Crippen LogP) is 1.89. The van der Waals surface area contributed by atoms with Gasteiger partial charge >= 0.3 is 0 Å². The van der Waals surface area contributed by atoms with Crippen LogP contribution in [0, 0.1) is 11.3 Å². The Morgan fingerprint density at radius 3 is 2.62 bits per heavy atom. The molecule has 1 aliphatic heterocycles. The summed E-state index contributed by atoms with van der Waals surface area (Å²) in [7, 11) is -3.51. The van der Waals surface area contributed by atoms with E-state index in [9.17, 15) is 8.42 Å². The summed E-state index contributed by atoms with van der Waals surface area (Å²) < 4.78 is 33.0. The van der Waals surface area contributed by atoms with Crippen LogP contribution in [0.4, 0.5) is 0 Å². The molecule has 1 saturated heterocycles. The Kier molecular flexibility index (Phi) is 3.98. The second-order valence-electron chi connectivity index (χ2n) is 5.51. The van der Waals surface area contributed by atoms with Crippen molar-refractivity contribution in [1.82, 2.24) is 4.31 Å². The van der Waals surface area contributed by atoms with Crippen molar-refractivity contribution in [3.05, 3.63) is 29.8 Å². The molecule has 0 N–H and O–H groups in total. The van der Waals surface area contributed by atoms with Crippen LogP contribution in [-0.4, -0.2) is 38.0 Å². The van der Waals surface area contributed by atoms with E-state index >= 15 is 0 Å². The maximum atomic E-state index is 12.8. The van der Waals surface area contributed by atoms with Crippen molar-refractivity contribution >= 4 is 10.0 Å². The van der Waals surface area contributed by atoms with E-state index < -0.39 is 10.0 Å². The van der Waals surface area contributed by atoms with Gasteiger partial charge in [-0.1, -0.05) is 12.8 Å². The van der Waals surface area contributed by atoms with Gasteiger partial charge in [0, 0.05) is 6.54 Å². The summed E-state index contributed by atoms with van der Waals surface area (Å²) >= 11 is 0. The minimum Gasteiger partial charge on any atom is -0.375 e. The lowest BCUT2D eigenvalue weighted by atomic mass is 9.91. The van der Waals surface area contributed by atoms with Gasteiger partial charge in [-0.2, -0.15) is 9.57 Å². The van der Waals surface area contributed by atoms with Crippen LogP contribution >= 0.6 is 0 Å². The normalized spacial score (nSPS) is 26.8. The van der Waals surface area contributed by atoms with Crippen LogP contribution in [0.1, 0.15) is 31.2 Å². The summed E-state index contributed by atoms with van der Waals surface area (Å²) in [6, 6.07) is 8.08. The predicted molar refractivity (Wildman–Crippen MR) is 77.0 cm³/mol. The third-order valence-corrected chi connectivity index (χ3v) is 6.21. The molecule has 112 valence electrons. The summed E-state index contributed by atoms with van der Waals surface area (Å²) in [5, 5.41) is 8.81. The molecule has 21 heavy (non-hydrogen) atoms. The smallest absolute Gasteiger partial charge is 0.243 e. The Labute approximate surface area is 125 Å². The van der Waals surface area contributed by atoms with Gasteiger partial charge < -0.3 is 4.74 Å². The summed E-state index contributed by atoms with van der Waals surface area (Å²) in [5.74, 6) is 0. The highest BCUT2D eigenvalue weighted by molar-refractivity contribution is 7.89. The Morgan fingerprint density at radius 1 is 1.19 bits per heavy atom. The molecule has 5 nitrogen and oxygen atoms in total. The SMILES string of the molecule is N#Cc1ccc(S(=O)(=O)N2CCOC3CCCCC32)cc1. The van der Waals surface area contributed by atoms with Gasteiger partial charge in [0.25, 0.3) is 0 Å². The molecule has 0 radical (unpaired) electrons. The molecule has 0 bridgehead atoms. The first kappa shape index (κ1) is 14.5. The lowest BCUT2D eigenvalue weighted by molar-refractivity contribution is -0.0586. The van der Waals surface area contributed by atoms with Crippen molar-refractivity contribution in [2.24, 2.45) is 0 Å². The molecule has 0 aromatic heterocycles. The molecular formula is C15H18N2O3S. The number of benzene rings is 1. The van der Waals surface area contributed by atoms with Crippen LogP contribution in [0.3, 0.4) is 0 Å². The summed E-state index contributed by atoms with van der Waals surface area (Å²) in [5.41, 5.74) is 0.464. The van der Waals surface area contributed by atoms with Gasteiger partial charge in [0.15, 0.2) is 0 Å². The standard InChI is InChI=1S/C15H18N2O3S/c16-11-12-5-7-13(8-6-12)21(18,19)17-9-10-20-15-4-2-1-3-14(15)17/h5-8,14-15H,1-4,9-10H2. The average molecular weight is 306 g/mol. The molecule has 2 aliphatic rings. The zero-order chi connectivity index (χ0) is 14.9. The topological polar surface area (TPSA) is 70.4 Å². The van der Waals surface area contributed by atoms with Crippen LogP contribution in [0.25, 0.3) is 0 Å². The molecule has 0 spiro atoms. The first-order valence-corrected chi connectivity index (χ1v) is 8.70. The Bertz CT molecular complexity index is 646. The van der Waals surface area contributed by atoms with E-state index in [0.717, 1.165) is 25.7 Å². The van der Waals surface area contributed by atoms with Crippen LogP contribution in [-0.2, 0) is 14.8 Å². The number of nitriles is 1. The Balaban J connectivity index is 1.90. The number of rotatable bonds is 2. The van der Waals surface area contributed by atoms with E-state index in [-0.39, 0.29) is 17.0 Å². The summed E-state index contributed by atoms with van der Waals surface area (Å²) in [4.78, 5) is 0.257. The Morgan fingerprint density at radius 2 is 1.90 bits per heavy atom. The van der Waals surface area contributed by atoms with Gasteiger partial charge in [0.05, 0.1) is 35.3 Å². The highest BCUT2D eigenvalue weighted by atomic mass is 32.2. The van der Waals surface area contributed by atoms with Gasteiger partial charge in [-0.15, -0.1) is 0 Å². The zero-order valence-corrected chi connectivity index (χ0v) is 12.6. The van der Waals surface area contributed by atoms with E-state index in [4.69, 9.17) is 10.00 Å². The van der Waals surface area contributed by atoms with E-state index in [1.165, 1.54) is 12.1 Å². The fourth-order valence-electron chi connectivity index (χ4n) is 3.20. The first-order valence-electron chi connectivity index (χ1n) is 7.26. The lowest BCUT2D eigenvalue weighted by Crippen LogP contribution is -2.54. The number of fused-ring (bicyclic) bond motifs is 1. The van der Waals surface area contributed by atoms with E-state index in [1.807, 2.05) is 6.07 Å². The Hall–Kier alpha value is -1.42. The van der Waals surface area contributed by atoms with Crippen LogP contribution in [0.15, 0.2) is 29.2 Å². The van der Waals surface area contributed by atoms with Crippen molar-refractivity contribution < 1.29 is 13.2 Å². The number of ether oxygens (including phenoxy) is 1. The number of nitrogens with zero attached hydrogens (tertiary/aromatic N) is 2. The number of morpholine rings is 1. The van der Waals surface area contributed by atoms with Gasteiger partial charge in [-0.3, -0.25) is 0 Å². The van der Waals surface area contributed by atoms with Crippen LogP contribution in [0.5, 0.6) is 0 Å². The fourth-order valence-corrected chi connectivity index (χ4v) is 4.86. The molecule has 1 aromatic rings. The van der Waals surface area contributed by atoms with Crippen molar-refractivity contribution in [2.45, 2.75) is 42.7 Å². The third-order valence-electron chi connectivity index (χ3n) is 4.27. The second-order valence-corrected chi connectivity index (χ2v) is 7.40. The minimum absolute atomic E-state index is 0.0284. The van der Waals surface area contributed by atoms with E-state index in [0.29, 0.717) is 18.7 Å². The lowest BCUT2D eigenvalue weighted by Gasteiger charge is -2.42. The van der Waals surface area contributed by atoms with Gasteiger partial charge in [0.2, 0.25) is 10.0 Å². The summed E-state index contributed by atoms with van der Waals surface area (Å²) in [6.07, 6.45) is 3.97. The van der Waals surface area contributed by atoms with E-state index in [2.05, 4.69) is 0 Å². The molecule has 1 aromatic carbocycles. The third kappa shape index (κ3) is 2.69. The molecule has 0 amide bonds. The number of hydrogen-bond acceptors (Lipinski definition) is 4. The summed E-state index contributed by atoms with van der Waals surface area (Å²) in [6.45, 7) is 0.861. The largest absolute Gasteiger partial charge is 0.375 e. The van der Waals surface area contributed by atoms with Crippen molar-refractivity contribution in [3.63, 3.8) is 0 Å². The molecule has 2 unspecified atom stereocenters. The highest BCUT2D eigenvalue weighted by Crippen LogP contribution is 2.32. The molecule has 2 atom stereocenters. The highest BCUT2D eigenvalue weighted by Gasteiger charge is 2.40. The van der Waals surface area contributed by atoms with Crippen molar-refractivity contribution in [3.8, 4) is 6.07 Å². The van der Waals surface area contributed by atoms with Crippen molar-refractivity contribution in [1.29, 1.82) is 5.26 Å². The van der Waals surface area contributed by atoms with E-state index in [1.54, 1.807) is 16.4 Å². The maximum Gasteiger partial charge on any atom is 0.243 e. The van der Waals surface area contributed by atoms with Gasteiger partial charge in [-0.05, 0) is 37.1 Å². The zero-order valence-electron chi connectivity index (χ0n) is 11.7. The maximum absolute atomic E-state index is 12.8. The first-order chi connectivity index (χ1) is 10.1. The molecule has 3 rings (SSSR count). The molecule has 1 saturated carbocycles. The average Bonchev–Trinajstić information content (AvgIpc) is 2.54. The molecule has 6 heteroatoms. The molecule has 1 heterocycles. The quantitative estimate of drug-likeness (QED) is 0.836. The molecule has 2 fully saturated rings. The van der Waals surface area contributed by atoms with Gasteiger partial charge in [0.1, 0.15) is 0 Å². The monoisotopic (exact) mass is 306 g/mol. The minimum atomic E-state index is -3.51. The molecular weight excluding hydrogens is 288 g/mol. The van der Waals surface area contributed by atoms with Gasteiger partial charge in [-0.25, -0.2) is 8.42 Å². The number of hydrogen-bond donors (Lipinski definition) is 0. The fraction of sp³-hybridized carbons (Fsp3) is 0.533.